The number of carbonyl (C=O) groups is 3. The molecule has 1 aliphatic heterocycles. The van der Waals surface area contributed by atoms with E-state index in [0.717, 1.165) is 11.3 Å². The molecule has 4 N–H and O–H groups in total. The molecule has 0 saturated carbocycles. The number of nitrogens with two attached hydrogens (primary N) is 1. The van der Waals surface area contributed by atoms with E-state index in [9.17, 15) is 9.59 Å². The lowest BCUT2D eigenvalue weighted by molar-refractivity contribution is -0.137. The normalized spacial score (nSPS) is 14.6. The summed E-state index contributed by atoms with van der Waals surface area (Å²) < 4.78 is 16.0. The summed E-state index contributed by atoms with van der Waals surface area (Å²) in [5.74, 6) is 0.504. The number of fused-ring (bicyclic) bond motifs is 1. The Labute approximate surface area is 169 Å². The van der Waals surface area contributed by atoms with E-state index in [0.29, 0.717) is 12.2 Å². The maximum Gasteiger partial charge on any atom is 0.410 e. The summed E-state index contributed by atoms with van der Waals surface area (Å²) in [5.41, 5.74) is 6.90. The lowest BCUT2D eigenvalue weighted by Crippen LogP contribution is -2.42. The number of hydrogen-bond acceptors (Lipinski definition) is 7. The first-order valence-electron chi connectivity index (χ1n) is 9.06. The number of ether oxygens (including phenoxy) is 3. The first-order chi connectivity index (χ1) is 13.7. The predicted molar refractivity (Wildman–Crippen MR) is 103 cm³/mol. The number of rotatable bonds is 8. The zero-order valence-corrected chi connectivity index (χ0v) is 16.7. The van der Waals surface area contributed by atoms with Crippen LogP contribution in [0.3, 0.4) is 0 Å². The fourth-order valence-electron chi connectivity index (χ4n) is 2.58. The molecule has 1 heterocycles. The van der Waals surface area contributed by atoms with Gasteiger partial charge in [-0.25, -0.2) is 4.79 Å². The van der Waals surface area contributed by atoms with E-state index in [1.54, 1.807) is 14.0 Å². The molecule has 1 amide bonds. The second-order valence-corrected chi connectivity index (χ2v) is 6.64. The number of hydrogen-bond donors (Lipinski definition) is 3. The third kappa shape index (κ3) is 7.86. The average Bonchev–Trinajstić information content (AvgIpc) is 3.13. The molecule has 10 heteroatoms. The van der Waals surface area contributed by atoms with Crippen LogP contribution < -0.4 is 15.2 Å². The van der Waals surface area contributed by atoms with Crippen molar-refractivity contribution in [1.82, 2.24) is 4.90 Å². The molecule has 1 aromatic rings. The van der Waals surface area contributed by atoms with Crippen molar-refractivity contribution in [1.29, 1.82) is 0 Å². The maximum atomic E-state index is 12.3. The van der Waals surface area contributed by atoms with E-state index in [2.05, 4.69) is 0 Å². The summed E-state index contributed by atoms with van der Waals surface area (Å²) in [6.45, 7) is 3.56. The van der Waals surface area contributed by atoms with Crippen LogP contribution in [0.25, 0.3) is 0 Å². The molecule has 10 nitrogen and oxygen atoms in total. The van der Waals surface area contributed by atoms with E-state index in [-0.39, 0.29) is 32.1 Å². The monoisotopic (exact) mass is 412 g/mol. The summed E-state index contributed by atoms with van der Waals surface area (Å²) in [6, 6.07) is 5.07. The molecule has 0 radical (unpaired) electrons. The molecular weight excluding hydrogens is 384 g/mol. The number of carboxylic acids is 1. The first kappa shape index (κ1) is 24.0. The van der Waals surface area contributed by atoms with Crippen molar-refractivity contribution in [3.63, 3.8) is 0 Å². The van der Waals surface area contributed by atoms with Crippen molar-refractivity contribution in [2.24, 2.45) is 5.73 Å². The zero-order valence-electron chi connectivity index (χ0n) is 16.7. The van der Waals surface area contributed by atoms with Gasteiger partial charge in [0.05, 0.1) is 0 Å². The predicted octanol–water partition coefficient (Wildman–Crippen LogP) is 1.70. The quantitative estimate of drug-likeness (QED) is 0.542. The number of benzene rings is 1. The van der Waals surface area contributed by atoms with Gasteiger partial charge >= 0.3 is 12.1 Å². The zero-order chi connectivity index (χ0) is 22.0. The molecule has 0 bridgehead atoms. The Hall–Kier alpha value is -3.01. The molecule has 1 aliphatic rings. The summed E-state index contributed by atoms with van der Waals surface area (Å²) in [5, 5.41) is 15.6. The molecule has 1 aromatic carbocycles. The second kappa shape index (κ2) is 11.7. The van der Waals surface area contributed by atoms with Crippen molar-refractivity contribution in [2.75, 3.05) is 13.8 Å². The highest BCUT2D eigenvalue weighted by atomic mass is 16.7. The Morgan fingerprint density at radius 3 is 2.55 bits per heavy atom. The van der Waals surface area contributed by atoms with Gasteiger partial charge in [-0.2, -0.15) is 0 Å². The van der Waals surface area contributed by atoms with Crippen LogP contribution in [0.2, 0.25) is 0 Å². The molecule has 29 heavy (non-hydrogen) atoms. The minimum absolute atomic E-state index is 0.0561. The standard InChI is InChI=1S/C18H26N2O6.CH2O2/c1-11(8-13-4-6-15-16(9-13)25-10-24-15)20(3)18(23)26-12(2)14(19)5-7-17(21)22;2-1-3/h4,6,9,11-12,14H,5,7-8,10,19H2,1-3H3,(H,21,22);1H,(H,2,3). The topological polar surface area (TPSA) is 149 Å². The van der Waals surface area contributed by atoms with Crippen molar-refractivity contribution >= 4 is 18.5 Å². The van der Waals surface area contributed by atoms with Crippen LogP contribution in [-0.2, 0) is 20.7 Å². The molecule has 3 atom stereocenters. The Kier molecular flexibility index (Phi) is 9.73. The van der Waals surface area contributed by atoms with Crippen LogP contribution in [0.15, 0.2) is 18.2 Å². The smallest absolute Gasteiger partial charge is 0.410 e. The third-order valence-corrected chi connectivity index (χ3v) is 4.50. The largest absolute Gasteiger partial charge is 0.483 e. The highest BCUT2D eigenvalue weighted by Gasteiger charge is 2.24. The highest BCUT2D eigenvalue weighted by molar-refractivity contribution is 5.68. The Balaban J connectivity index is 0.00000132. The van der Waals surface area contributed by atoms with Gasteiger partial charge in [0.25, 0.3) is 6.47 Å². The van der Waals surface area contributed by atoms with Crippen LogP contribution in [0.4, 0.5) is 4.79 Å². The van der Waals surface area contributed by atoms with E-state index in [1.165, 1.54) is 4.90 Å². The van der Waals surface area contributed by atoms with Gasteiger partial charge in [-0.15, -0.1) is 0 Å². The Bertz CT molecular complexity index is 697. The molecule has 0 saturated heterocycles. The minimum atomic E-state index is -0.923. The number of carbonyl (C=O) groups excluding carboxylic acids is 1. The van der Waals surface area contributed by atoms with E-state index < -0.39 is 24.2 Å². The molecule has 2 rings (SSSR count). The minimum Gasteiger partial charge on any atom is -0.483 e. The van der Waals surface area contributed by atoms with Gasteiger partial charge in [0.15, 0.2) is 11.5 Å². The fraction of sp³-hybridized carbons (Fsp3) is 0.526. The summed E-state index contributed by atoms with van der Waals surface area (Å²) in [4.78, 5) is 32.8. The number of likely N-dealkylation sites (N-methyl/N-ethyl adjacent to an activating group) is 1. The Morgan fingerprint density at radius 1 is 1.31 bits per heavy atom. The van der Waals surface area contributed by atoms with Crippen LogP contribution >= 0.6 is 0 Å². The lowest BCUT2D eigenvalue weighted by Gasteiger charge is -2.28. The summed E-state index contributed by atoms with van der Waals surface area (Å²) in [6.07, 6.45) is -0.236. The van der Waals surface area contributed by atoms with Gasteiger partial charge in [-0.05, 0) is 44.4 Å². The van der Waals surface area contributed by atoms with Gasteiger partial charge in [-0.3, -0.25) is 9.59 Å². The van der Waals surface area contributed by atoms with Gasteiger partial charge in [0.2, 0.25) is 6.79 Å². The van der Waals surface area contributed by atoms with Crippen molar-refractivity contribution < 1.29 is 38.8 Å². The van der Waals surface area contributed by atoms with Crippen LogP contribution in [0.1, 0.15) is 32.3 Å². The lowest BCUT2D eigenvalue weighted by atomic mass is 10.1. The van der Waals surface area contributed by atoms with Gasteiger partial charge in [-0.1, -0.05) is 6.07 Å². The molecule has 0 aromatic heterocycles. The summed E-state index contributed by atoms with van der Waals surface area (Å²) in [7, 11) is 1.66. The van der Waals surface area contributed by atoms with Crippen molar-refractivity contribution in [3.05, 3.63) is 23.8 Å². The van der Waals surface area contributed by atoms with E-state index >= 15 is 0 Å². The molecule has 3 unspecified atom stereocenters. The van der Waals surface area contributed by atoms with Gasteiger partial charge < -0.3 is 35.1 Å². The average molecular weight is 412 g/mol. The maximum absolute atomic E-state index is 12.3. The van der Waals surface area contributed by atoms with Gasteiger partial charge in [0.1, 0.15) is 6.10 Å². The number of nitrogens with zero attached hydrogens (tertiary/aromatic N) is 1. The van der Waals surface area contributed by atoms with E-state index in [4.69, 9.17) is 35.0 Å². The van der Waals surface area contributed by atoms with Crippen molar-refractivity contribution in [2.45, 2.75) is 51.3 Å². The third-order valence-electron chi connectivity index (χ3n) is 4.50. The number of amides is 1. The first-order valence-corrected chi connectivity index (χ1v) is 9.06. The molecule has 162 valence electrons. The van der Waals surface area contributed by atoms with Gasteiger partial charge in [0, 0.05) is 25.6 Å². The molecular formula is C19H28N2O8. The van der Waals surface area contributed by atoms with Crippen LogP contribution in [0.5, 0.6) is 11.5 Å². The van der Waals surface area contributed by atoms with Crippen LogP contribution in [0, 0.1) is 0 Å². The fourth-order valence-corrected chi connectivity index (χ4v) is 2.58. The van der Waals surface area contributed by atoms with E-state index in [1.807, 2.05) is 25.1 Å². The summed E-state index contributed by atoms with van der Waals surface area (Å²) >= 11 is 0. The van der Waals surface area contributed by atoms with Crippen LogP contribution in [-0.4, -0.2) is 65.7 Å². The molecule has 0 fully saturated rings. The van der Waals surface area contributed by atoms with Crippen molar-refractivity contribution in [3.8, 4) is 11.5 Å². The number of aliphatic carboxylic acids is 1. The number of carboxylic acid groups (broad SMARTS) is 2. The Morgan fingerprint density at radius 2 is 1.93 bits per heavy atom. The second-order valence-electron chi connectivity index (χ2n) is 6.64. The SMILES string of the molecule is CC(OC(=O)N(C)C(C)Cc1ccc2c(c1)OCO2)C(N)CCC(=O)O.O=CO. The molecule has 0 spiro atoms. The molecule has 0 aliphatic carbocycles. The highest BCUT2D eigenvalue weighted by Crippen LogP contribution is 2.33.